The monoisotopic (exact) mass is 455 g/mol. The number of methoxy groups -OCH3 is 1. The van der Waals surface area contributed by atoms with Crippen molar-refractivity contribution in [3.63, 3.8) is 0 Å². The first-order valence-corrected chi connectivity index (χ1v) is 11.7. The van der Waals surface area contributed by atoms with Crippen LogP contribution in [0.25, 0.3) is 0 Å². The molecule has 2 amide bonds. The highest BCUT2D eigenvalue weighted by Crippen LogP contribution is 2.27. The molecule has 2 fully saturated rings. The first kappa shape index (κ1) is 22.5. The quantitative estimate of drug-likeness (QED) is 0.701. The Hall–Kier alpha value is -2.73. The standard InChI is InChI=1S/C25H30ClN3O3/c1-32-23-10-5-19(26)17-22(23)25(31)29-15-11-18(12-16-29)24(30)27-20-6-8-21(9-7-20)28-13-3-2-4-14-28/h5-10,17-18H,2-4,11-16H2,1H3,(H,27,30). The second-order valence-corrected chi connectivity index (χ2v) is 8.93. The number of carbonyl (C=O) groups excluding carboxylic acids is 2. The van der Waals surface area contributed by atoms with Gasteiger partial charge in [0.25, 0.3) is 5.91 Å². The van der Waals surface area contributed by atoms with Gasteiger partial charge >= 0.3 is 0 Å². The average molecular weight is 456 g/mol. The molecule has 170 valence electrons. The lowest BCUT2D eigenvalue weighted by atomic mass is 9.95. The fourth-order valence-corrected chi connectivity index (χ4v) is 4.69. The Morgan fingerprint density at radius 2 is 1.66 bits per heavy atom. The van der Waals surface area contributed by atoms with Crippen LogP contribution in [-0.2, 0) is 4.79 Å². The van der Waals surface area contributed by atoms with Crippen LogP contribution in [-0.4, -0.2) is 50.0 Å². The third-order valence-electron chi connectivity index (χ3n) is 6.40. The number of nitrogens with one attached hydrogen (secondary N) is 1. The SMILES string of the molecule is COc1ccc(Cl)cc1C(=O)N1CCC(C(=O)Nc2ccc(N3CCCCC3)cc2)CC1. The van der Waals surface area contributed by atoms with Crippen LogP contribution in [0.1, 0.15) is 42.5 Å². The number of hydrogen-bond acceptors (Lipinski definition) is 4. The molecule has 0 unspecified atom stereocenters. The van der Waals surface area contributed by atoms with Crippen LogP contribution in [0.15, 0.2) is 42.5 Å². The Kier molecular flexibility index (Phi) is 7.20. The van der Waals surface area contributed by atoms with E-state index in [9.17, 15) is 9.59 Å². The number of amides is 2. The summed E-state index contributed by atoms with van der Waals surface area (Å²) in [6.07, 6.45) is 5.05. The molecular weight excluding hydrogens is 426 g/mol. The molecule has 4 rings (SSSR count). The smallest absolute Gasteiger partial charge is 0.257 e. The predicted octanol–water partition coefficient (Wildman–Crippen LogP) is 4.83. The van der Waals surface area contributed by atoms with E-state index in [2.05, 4.69) is 22.3 Å². The van der Waals surface area contributed by atoms with E-state index in [1.165, 1.54) is 32.1 Å². The summed E-state index contributed by atoms with van der Waals surface area (Å²) in [5, 5.41) is 3.54. The topological polar surface area (TPSA) is 61.9 Å². The second-order valence-electron chi connectivity index (χ2n) is 8.49. The van der Waals surface area contributed by atoms with Gasteiger partial charge in [0.05, 0.1) is 12.7 Å². The number of likely N-dealkylation sites (tertiary alicyclic amines) is 1. The van der Waals surface area contributed by atoms with E-state index in [-0.39, 0.29) is 17.7 Å². The maximum absolute atomic E-state index is 12.9. The molecule has 2 aliphatic rings. The zero-order valence-electron chi connectivity index (χ0n) is 18.5. The molecule has 0 atom stereocenters. The summed E-state index contributed by atoms with van der Waals surface area (Å²) in [4.78, 5) is 29.9. The van der Waals surface area contributed by atoms with Gasteiger partial charge in [0.2, 0.25) is 5.91 Å². The number of piperidine rings is 2. The Morgan fingerprint density at radius 3 is 2.31 bits per heavy atom. The molecule has 6 nitrogen and oxygen atoms in total. The number of benzene rings is 2. The molecule has 1 N–H and O–H groups in total. The van der Waals surface area contributed by atoms with Crippen molar-refractivity contribution in [1.29, 1.82) is 0 Å². The molecule has 2 aromatic rings. The fourth-order valence-electron chi connectivity index (χ4n) is 4.51. The minimum absolute atomic E-state index is 0.0168. The highest BCUT2D eigenvalue weighted by atomic mass is 35.5. The average Bonchev–Trinajstić information content (AvgIpc) is 2.84. The molecule has 2 saturated heterocycles. The van der Waals surface area contributed by atoms with Crippen LogP contribution in [0, 0.1) is 5.92 Å². The molecule has 0 aliphatic carbocycles. The van der Waals surface area contributed by atoms with Crippen LogP contribution in [0.2, 0.25) is 5.02 Å². The molecule has 0 bridgehead atoms. The van der Waals surface area contributed by atoms with Gasteiger partial charge < -0.3 is 19.9 Å². The molecule has 2 aromatic carbocycles. The molecule has 0 aromatic heterocycles. The number of halogens is 1. The van der Waals surface area contributed by atoms with Gasteiger partial charge in [0.1, 0.15) is 5.75 Å². The van der Waals surface area contributed by atoms with Crippen LogP contribution in [0.3, 0.4) is 0 Å². The Morgan fingerprint density at radius 1 is 0.969 bits per heavy atom. The van der Waals surface area contributed by atoms with E-state index < -0.39 is 0 Å². The van der Waals surface area contributed by atoms with E-state index >= 15 is 0 Å². The van der Waals surface area contributed by atoms with E-state index in [1.807, 2.05) is 12.1 Å². The summed E-state index contributed by atoms with van der Waals surface area (Å²) < 4.78 is 5.31. The molecule has 32 heavy (non-hydrogen) atoms. The first-order chi connectivity index (χ1) is 15.5. The lowest BCUT2D eigenvalue weighted by Gasteiger charge is -2.32. The highest BCUT2D eigenvalue weighted by Gasteiger charge is 2.29. The summed E-state index contributed by atoms with van der Waals surface area (Å²) in [6, 6.07) is 13.2. The summed E-state index contributed by atoms with van der Waals surface area (Å²) in [7, 11) is 1.54. The third kappa shape index (κ3) is 5.18. The van der Waals surface area contributed by atoms with E-state index in [0.717, 1.165) is 18.8 Å². The zero-order valence-corrected chi connectivity index (χ0v) is 19.2. The van der Waals surface area contributed by atoms with Gasteiger partial charge in [0, 0.05) is 48.5 Å². The minimum Gasteiger partial charge on any atom is -0.496 e. The number of carbonyl (C=O) groups is 2. The molecular formula is C25H30ClN3O3. The van der Waals surface area contributed by atoms with E-state index in [4.69, 9.17) is 16.3 Å². The van der Waals surface area contributed by atoms with Crippen LogP contribution < -0.4 is 15.0 Å². The van der Waals surface area contributed by atoms with Gasteiger partial charge in [-0.25, -0.2) is 0 Å². The molecule has 0 saturated carbocycles. The molecule has 0 radical (unpaired) electrons. The van der Waals surface area contributed by atoms with Gasteiger partial charge in [-0.1, -0.05) is 11.6 Å². The first-order valence-electron chi connectivity index (χ1n) is 11.3. The molecule has 2 heterocycles. The Bertz CT molecular complexity index is 949. The van der Waals surface area contributed by atoms with Gasteiger partial charge in [0.15, 0.2) is 0 Å². The number of ether oxygens (including phenoxy) is 1. The highest BCUT2D eigenvalue weighted by molar-refractivity contribution is 6.31. The second kappa shape index (κ2) is 10.3. The van der Waals surface area contributed by atoms with Gasteiger partial charge in [-0.2, -0.15) is 0 Å². The van der Waals surface area contributed by atoms with Crippen molar-refractivity contribution in [2.45, 2.75) is 32.1 Å². The Balaban J connectivity index is 1.31. The van der Waals surface area contributed by atoms with Gasteiger partial charge in [-0.3, -0.25) is 9.59 Å². The fraction of sp³-hybridized carbons (Fsp3) is 0.440. The number of hydrogen-bond donors (Lipinski definition) is 1. The number of anilines is 2. The number of rotatable bonds is 5. The largest absolute Gasteiger partial charge is 0.496 e. The van der Waals surface area contributed by atoms with Crippen molar-refractivity contribution < 1.29 is 14.3 Å². The molecule has 2 aliphatic heterocycles. The minimum atomic E-state index is -0.114. The maximum Gasteiger partial charge on any atom is 0.257 e. The summed E-state index contributed by atoms with van der Waals surface area (Å²) in [5.41, 5.74) is 2.49. The van der Waals surface area contributed by atoms with Crippen molar-refractivity contribution in [3.8, 4) is 5.75 Å². The van der Waals surface area contributed by atoms with E-state index in [1.54, 1.807) is 23.1 Å². The van der Waals surface area contributed by atoms with Gasteiger partial charge in [-0.05, 0) is 74.6 Å². The Labute approximate surface area is 194 Å². The predicted molar refractivity (Wildman–Crippen MR) is 128 cm³/mol. The van der Waals surface area contributed by atoms with Crippen molar-refractivity contribution in [1.82, 2.24) is 4.90 Å². The molecule has 0 spiro atoms. The normalized spacial score (nSPS) is 17.2. The third-order valence-corrected chi connectivity index (χ3v) is 6.64. The molecule has 7 heteroatoms. The van der Waals surface area contributed by atoms with Crippen LogP contribution in [0.4, 0.5) is 11.4 Å². The van der Waals surface area contributed by atoms with Gasteiger partial charge in [-0.15, -0.1) is 0 Å². The lowest BCUT2D eigenvalue weighted by molar-refractivity contribution is -0.121. The summed E-state index contributed by atoms with van der Waals surface area (Å²) in [5.74, 6) is 0.300. The van der Waals surface area contributed by atoms with Crippen LogP contribution in [0.5, 0.6) is 5.75 Å². The maximum atomic E-state index is 12.9. The summed E-state index contributed by atoms with van der Waals surface area (Å²) in [6.45, 7) is 3.26. The lowest BCUT2D eigenvalue weighted by Crippen LogP contribution is -2.41. The van der Waals surface area contributed by atoms with Crippen molar-refractivity contribution >= 4 is 34.8 Å². The van der Waals surface area contributed by atoms with Crippen LogP contribution >= 0.6 is 11.6 Å². The van der Waals surface area contributed by atoms with E-state index in [0.29, 0.717) is 42.3 Å². The number of nitrogens with zero attached hydrogens (tertiary/aromatic N) is 2. The summed E-state index contributed by atoms with van der Waals surface area (Å²) >= 11 is 6.07. The van der Waals surface area contributed by atoms with Crippen molar-refractivity contribution in [3.05, 3.63) is 53.1 Å². The zero-order chi connectivity index (χ0) is 22.5. The van der Waals surface area contributed by atoms with Crippen molar-refractivity contribution in [2.75, 3.05) is 43.5 Å². The van der Waals surface area contributed by atoms with Crippen molar-refractivity contribution in [2.24, 2.45) is 5.92 Å².